The SMILES string of the molecule is OC(CN1CCOCC1)Cn1cnc2cc(F)c(F)cc21. The number of nitrogens with zero attached hydrogens (tertiary/aromatic N) is 3. The van der Waals surface area contributed by atoms with Gasteiger partial charge in [-0.3, -0.25) is 4.90 Å². The van der Waals surface area contributed by atoms with Crippen LogP contribution in [0.1, 0.15) is 0 Å². The predicted octanol–water partition coefficient (Wildman–Crippen LogP) is 1.01. The van der Waals surface area contributed by atoms with E-state index >= 15 is 0 Å². The van der Waals surface area contributed by atoms with E-state index in [2.05, 4.69) is 9.88 Å². The number of aliphatic hydroxyl groups is 1. The Balaban J connectivity index is 1.70. The van der Waals surface area contributed by atoms with E-state index in [0.29, 0.717) is 37.3 Å². The van der Waals surface area contributed by atoms with Crippen LogP contribution in [-0.4, -0.2) is 58.5 Å². The second-order valence-corrected chi connectivity index (χ2v) is 5.22. The molecule has 1 aromatic carbocycles. The largest absolute Gasteiger partial charge is 0.390 e. The Bertz CT molecular complexity index is 626. The molecule has 1 aromatic heterocycles. The van der Waals surface area contributed by atoms with E-state index in [-0.39, 0.29) is 0 Å². The third-order valence-electron chi connectivity index (χ3n) is 3.64. The fraction of sp³-hybridized carbons (Fsp3) is 0.500. The number of morpholine rings is 1. The van der Waals surface area contributed by atoms with Crippen molar-refractivity contribution in [3.05, 3.63) is 30.1 Å². The first-order valence-corrected chi connectivity index (χ1v) is 6.91. The summed E-state index contributed by atoms with van der Waals surface area (Å²) in [6, 6.07) is 2.18. The number of aliphatic hydroxyl groups excluding tert-OH is 1. The van der Waals surface area contributed by atoms with Crippen molar-refractivity contribution in [3.8, 4) is 0 Å². The molecule has 1 unspecified atom stereocenters. The number of fused-ring (bicyclic) bond motifs is 1. The van der Waals surface area contributed by atoms with Gasteiger partial charge in [0.1, 0.15) is 0 Å². The molecule has 0 saturated carbocycles. The summed E-state index contributed by atoms with van der Waals surface area (Å²) in [6.07, 6.45) is 0.889. The molecule has 1 saturated heterocycles. The third-order valence-corrected chi connectivity index (χ3v) is 3.64. The van der Waals surface area contributed by atoms with E-state index in [1.54, 1.807) is 4.57 Å². The Hall–Kier alpha value is -1.57. The highest BCUT2D eigenvalue weighted by atomic mass is 19.2. The van der Waals surface area contributed by atoms with Gasteiger partial charge in [-0.15, -0.1) is 0 Å². The Labute approximate surface area is 120 Å². The highest BCUT2D eigenvalue weighted by Crippen LogP contribution is 2.18. The van der Waals surface area contributed by atoms with Crippen LogP contribution in [0.3, 0.4) is 0 Å². The normalized spacial score (nSPS) is 18.2. The second-order valence-electron chi connectivity index (χ2n) is 5.22. The molecule has 1 aliphatic heterocycles. The summed E-state index contributed by atoms with van der Waals surface area (Å²) in [6.45, 7) is 3.74. The molecule has 21 heavy (non-hydrogen) atoms. The predicted molar refractivity (Wildman–Crippen MR) is 72.9 cm³/mol. The maximum absolute atomic E-state index is 13.3. The summed E-state index contributed by atoms with van der Waals surface area (Å²) < 4.78 is 33.3. The fourth-order valence-corrected chi connectivity index (χ4v) is 2.57. The van der Waals surface area contributed by atoms with Crippen molar-refractivity contribution in [1.29, 1.82) is 0 Å². The fourth-order valence-electron chi connectivity index (χ4n) is 2.57. The zero-order valence-electron chi connectivity index (χ0n) is 11.5. The second kappa shape index (κ2) is 6.05. The Morgan fingerprint density at radius 2 is 1.90 bits per heavy atom. The van der Waals surface area contributed by atoms with Crippen LogP contribution < -0.4 is 0 Å². The van der Waals surface area contributed by atoms with Crippen molar-refractivity contribution >= 4 is 11.0 Å². The van der Waals surface area contributed by atoms with Gasteiger partial charge in [0.2, 0.25) is 0 Å². The lowest BCUT2D eigenvalue weighted by Gasteiger charge is -2.28. The summed E-state index contributed by atoms with van der Waals surface area (Å²) >= 11 is 0. The van der Waals surface area contributed by atoms with Gasteiger partial charge in [-0.2, -0.15) is 0 Å². The van der Waals surface area contributed by atoms with Gasteiger partial charge in [0.05, 0.1) is 43.2 Å². The summed E-state index contributed by atoms with van der Waals surface area (Å²) in [4.78, 5) is 6.15. The zero-order chi connectivity index (χ0) is 14.8. The van der Waals surface area contributed by atoms with Gasteiger partial charge in [-0.05, 0) is 0 Å². The minimum absolute atomic E-state index is 0.291. The van der Waals surface area contributed by atoms with Crippen LogP contribution in [0, 0.1) is 11.6 Å². The van der Waals surface area contributed by atoms with Crippen LogP contribution in [0.4, 0.5) is 8.78 Å². The highest BCUT2D eigenvalue weighted by Gasteiger charge is 2.16. The zero-order valence-corrected chi connectivity index (χ0v) is 11.5. The number of rotatable bonds is 4. The Kier molecular flexibility index (Phi) is 4.14. The maximum atomic E-state index is 13.3. The molecule has 1 N–H and O–H groups in total. The monoisotopic (exact) mass is 297 g/mol. The smallest absolute Gasteiger partial charge is 0.161 e. The molecule has 0 radical (unpaired) electrons. The molecule has 1 fully saturated rings. The first kappa shape index (κ1) is 14.4. The lowest BCUT2D eigenvalue weighted by Crippen LogP contribution is -2.41. The molecule has 2 heterocycles. The van der Waals surface area contributed by atoms with Crippen LogP contribution in [0.15, 0.2) is 18.5 Å². The van der Waals surface area contributed by atoms with E-state index in [0.717, 1.165) is 25.2 Å². The summed E-state index contributed by atoms with van der Waals surface area (Å²) in [5.74, 6) is -1.83. The van der Waals surface area contributed by atoms with Crippen molar-refractivity contribution in [2.45, 2.75) is 12.6 Å². The van der Waals surface area contributed by atoms with E-state index in [1.807, 2.05) is 0 Å². The van der Waals surface area contributed by atoms with Crippen molar-refractivity contribution in [2.75, 3.05) is 32.8 Å². The van der Waals surface area contributed by atoms with Crippen LogP contribution in [0.5, 0.6) is 0 Å². The molecule has 5 nitrogen and oxygen atoms in total. The lowest BCUT2D eigenvalue weighted by molar-refractivity contribution is 0.0117. The molecular weight excluding hydrogens is 280 g/mol. The van der Waals surface area contributed by atoms with E-state index < -0.39 is 17.7 Å². The minimum atomic E-state index is -0.915. The van der Waals surface area contributed by atoms with Gasteiger partial charge in [0, 0.05) is 31.8 Å². The molecule has 1 atom stereocenters. The van der Waals surface area contributed by atoms with Gasteiger partial charge >= 0.3 is 0 Å². The highest BCUT2D eigenvalue weighted by molar-refractivity contribution is 5.75. The topological polar surface area (TPSA) is 50.5 Å². The lowest BCUT2D eigenvalue weighted by atomic mass is 10.2. The van der Waals surface area contributed by atoms with Crippen LogP contribution in [0.2, 0.25) is 0 Å². The quantitative estimate of drug-likeness (QED) is 0.915. The number of ether oxygens (including phenoxy) is 1. The summed E-state index contributed by atoms with van der Waals surface area (Å²) in [5, 5.41) is 10.2. The number of β-amino-alcohol motifs (C(OH)–C–C–N with tert-alkyl or cyclic N) is 1. The first-order valence-electron chi connectivity index (χ1n) is 6.91. The van der Waals surface area contributed by atoms with Crippen molar-refractivity contribution in [1.82, 2.24) is 14.5 Å². The molecule has 114 valence electrons. The molecule has 1 aliphatic rings. The first-order chi connectivity index (χ1) is 10.1. The van der Waals surface area contributed by atoms with Gasteiger partial charge < -0.3 is 14.4 Å². The molecule has 0 spiro atoms. The van der Waals surface area contributed by atoms with Gasteiger partial charge in [-0.25, -0.2) is 13.8 Å². The Morgan fingerprint density at radius 3 is 2.67 bits per heavy atom. The summed E-state index contributed by atoms with van der Waals surface area (Å²) in [7, 11) is 0. The third kappa shape index (κ3) is 3.20. The van der Waals surface area contributed by atoms with Crippen LogP contribution in [0.25, 0.3) is 11.0 Å². The molecule has 2 aromatic rings. The number of imidazole rings is 1. The van der Waals surface area contributed by atoms with E-state index in [9.17, 15) is 13.9 Å². The number of hydrogen-bond acceptors (Lipinski definition) is 4. The van der Waals surface area contributed by atoms with Crippen LogP contribution in [-0.2, 0) is 11.3 Å². The average molecular weight is 297 g/mol. The molecule has 7 heteroatoms. The molecule has 0 amide bonds. The molecule has 0 bridgehead atoms. The Morgan fingerprint density at radius 1 is 1.19 bits per heavy atom. The number of benzene rings is 1. The number of aromatic nitrogens is 2. The van der Waals surface area contributed by atoms with Crippen molar-refractivity contribution < 1.29 is 18.6 Å². The standard InChI is InChI=1S/C14H17F2N3O2/c15-11-5-13-14(6-12(11)16)19(9-17-13)8-10(20)7-18-1-3-21-4-2-18/h5-6,9-10,20H,1-4,7-8H2. The summed E-state index contributed by atoms with van der Waals surface area (Å²) in [5.41, 5.74) is 0.863. The van der Waals surface area contributed by atoms with E-state index in [1.165, 1.54) is 6.33 Å². The maximum Gasteiger partial charge on any atom is 0.161 e. The molecular formula is C14H17F2N3O2. The van der Waals surface area contributed by atoms with Gasteiger partial charge in [0.25, 0.3) is 0 Å². The molecule has 3 rings (SSSR count). The van der Waals surface area contributed by atoms with Crippen molar-refractivity contribution in [3.63, 3.8) is 0 Å². The number of hydrogen-bond donors (Lipinski definition) is 1. The average Bonchev–Trinajstić information content (AvgIpc) is 2.83. The van der Waals surface area contributed by atoms with E-state index in [4.69, 9.17) is 4.74 Å². The van der Waals surface area contributed by atoms with Gasteiger partial charge in [-0.1, -0.05) is 0 Å². The molecule has 0 aliphatic carbocycles. The number of halogens is 2. The van der Waals surface area contributed by atoms with Crippen LogP contribution >= 0.6 is 0 Å². The van der Waals surface area contributed by atoms with Crippen molar-refractivity contribution in [2.24, 2.45) is 0 Å². The minimum Gasteiger partial charge on any atom is -0.390 e. The van der Waals surface area contributed by atoms with Gasteiger partial charge in [0.15, 0.2) is 11.6 Å².